The Morgan fingerprint density at radius 2 is 1.92 bits per heavy atom. The molecule has 9 heteroatoms. The second-order valence-corrected chi connectivity index (χ2v) is 7.09. The van der Waals surface area contributed by atoms with Crippen molar-refractivity contribution in [1.29, 1.82) is 0 Å². The average Bonchev–Trinajstić information content (AvgIpc) is 3.09. The van der Waals surface area contributed by atoms with Gasteiger partial charge in [-0.2, -0.15) is 0 Å². The lowest BCUT2D eigenvalue weighted by atomic mass is 10.1. The third kappa shape index (κ3) is 2.45. The Morgan fingerprint density at radius 3 is 2.62 bits per heavy atom. The van der Waals surface area contributed by atoms with Gasteiger partial charge in [0.15, 0.2) is 3.95 Å². The Labute approximate surface area is 155 Å². The van der Waals surface area contributed by atoms with Gasteiger partial charge in [0.25, 0.3) is 11.6 Å². The van der Waals surface area contributed by atoms with E-state index in [1.807, 2.05) is 6.07 Å². The average molecular weight is 383 g/mol. The van der Waals surface area contributed by atoms with Gasteiger partial charge in [0, 0.05) is 17.4 Å². The fraction of sp³-hybridized carbons (Fsp3) is 0. The smallest absolute Gasteiger partial charge is 0.279 e. The summed E-state index contributed by atoms with van der Waals surface area (Å²) in [5.41, 5.74) is 0.614. The number of fused-ring (bicyclic) bond motifs is 1. The monoisotopic (exact) mass is 383 g/mol. The van der Waals surface area contributed by atoms with Gasteiger partial charge >= 0.3 is 0 Å². The molecule has 3 aromatic rings. The lowest BCUT2D eigenvalue weighted by molar-refractivity contribution is -0.385. The molecule has 1 amide bonds. The number of nitrogens with zero attached hydrogens (tertiary/aromatic N) is 3. The highest BCUT2D eigenvalue weighted by atomic mass is 32.1. The first-order valence-electron chi connectivity index (χ1n) is 7.40. The van der Waals surface area contributed by atoms with E-state index in [0.717, 1.165) is 11.3 Å². The topological polar surface area (TPSA) is 97.7 Å². The number of nitro groups is 1. The maximum atomic E-state index is 12.4. The number of benzene rings is 2. The molecule has 7 nitrogen and oxygen atoms in total. The summed E-state index contributed by atoms with van der Waals surface area (Å²) in [6, 6.07) is 13.0. The third-order valence-electron chi connectivity index (χ3n) is 3.92. The molecule has 0 saturated carbocycles. The predicted octanol–water partition coefficient (Wildman–Crippen LogP) is 2.24. The van der Waals surface area contributed by atoms with E-state index in [2.05, 4.69) is 4.99 Å². The van der Waals surface area contributed by atoms with Crippen LogP contribution in [0, 0.1) is 14.1 Å². The van der Waals surface area contributed by atoms with Crippen molar-refractivity contribution in [3.05, 3.63) is 78.1 Å². The molecular formula is C17H9N3O4S2. The van der Waals surface area contributed by atoms with E-state index in [0.29, 0.717) is 20.2 Å². The number of nitro benzene ring substituents is 1. The molecule has 1 N–H and O–H groups in total. The molecule has 0 saturated heterocycles. The van der Waals surface area contributed by atoms with Crippen LogP contribution in [0.4, 0.5) is 5.69 Å². The maximum Gasteiger partial charge on any atom is 0.279 e. The first-order valence-corrected chi connectivity index (χ1v) is 8.62. The quantitative estimate of drug-likeness (QED) is 0.425. The molecule has 1 aliphatic rings. The third-order valence-corrected chi connectivity index (χ3v) is 5.31. The molecule has 0 spiro atoms. The molecule has 0 atom stereocenters. The molecule has 4 rings (SSSR count). The zero-order valence-corrected chi connectivity index (χ0v) is 14.6. The second-order valence-electron chi connectivity index (χ2n) is 5.44. The van der Waals surface area contributed by atoms with Crippen LogP contribution >= 0.6 is 23.6 Å². The van der Waals surface area contributed by atoms with Crippen molar-refractivity contribution < 1.29 is 14.8 Å². The molecule has 0 bridgehead atoms. The summed E-state index contributed by atoms with van der Waals surface area (Å²) in [6.45, 7) is 0. The summed E-state index contributed by atoms with van der Waals surface area (Å²) in [6.07, 6.45) is 0. The minimum Gasteiger partial charge on any atom is -0.493 e. The van der Waals surface area contributed by atoms with Crippen LogP contribution in [0.5, 0.6) is 5.88 Å². The van der Waals surface area contributed by atoms with E-state index in [-0.39, 0.29) is 22.0 Å². The summed E-state index contributed by atoms with van der Waals surface area (Å²) in [7, 11) is 0. The molecule has 1 aromatic heterocycles. The minimum absolute atomic E-state index is 0.118. The molecule has 2 heterocycles. The van der Waals surface area contributed by atoms with Gasteiger partial charge in [-0.15, -0.1) is 11.3 Å². The molecular weight excluding hydrogens is 374 g/mol. The van der Waals surface area contributed by atoms with Crippen molar-refractivity contribution >= 4 is 40.7 Å². The summed E-state index contributed by atoms with van der Waals surface area (Å²) in [5, 5.41) is 22.4. The van der Waals surface area contributed by atoms with Crippen molar-refractivity contribution in [1.82, 2.24) is 4.57 Å². The molecule has 0 radical (unpaired) electrons. The number of aromatic nitrogens is 1. The number of non-ortho nitro benzene ring substituents is 1. The number of amides is 1. The number of hydrogen-bond donors (Lipinski definition) is 1. The molecule has 2 aromatic carbocycles. The van der Waals surface area contributed by atoms with E-state index >= 15 is 0 Å². The van der Waals surface area contributed by atoms with E-state index < -0.39 is 10.8 Å². The normalized spacial score (nSPS) is 12.8. The number of aromatic hydroxyl groups is 1. The van der Waals surface area contributed by atoms with Crippen molar-refractivity contribution in [3.63, 3.8) is 0 Å². The SMILES string of the molecule is O=C1N=c2ccc([N+](=O)[O-])cc2=C1c1sc(=S)n(-c2ccccc2)c1O. The van der Waals surface area contributed by atoms with Gasteiger partial charge < -0.3 is 5.11 Å². The standard InChI is InChI=1S/C17H9N3O4S2/c21-15-13(11-8-10(20(23)24)6-7-12(11)18-15)14-16(22)19(17(25)26-14)9-4-2-1-3-5-9/h1-8,22H. The van der Waals surface area contributed by atoms with Crippen LogP contribution in [0.15, 0.2) is 53.5 Å². The lowest BCUT2D eigenvalue weighted by Gasteiger charge is -2.04. The zero-order valence-electron chi connectivity index (χ0n) is 12.9. The number of carbonyl (C=O) groups excluding carboxylic acids is 1. The predicted molar refractivity (Wildman–Crippen MR) is 97.5 cm³/mol. The summed E-state index contributed by atoms with van der Waals surface area (Å²) in [4.78, 5) is 27.1. The second kappa shape index (κ2) is 5.97. The Balaban J connectivity index is 2.02. The van der Waals surface area contributed by atoms with E-state index in [4.69, 9.17) is 12.2 Å². The van der Waals surface area contributed by atoms with Crippen molar-refractivity contribution in [2.75, 3.05) is 0 Å². The van der Waals surface area contributed by atoms with Crippen molar-refractivity contribution in [3.8, 4) is 11.6 Å². The highest BCUT2D eigenvalue weighted by molar-refractivity contribution is 7.73. The number of rotatable bonds is 3. The summed E-state index contributed by atoms with van der Waals surface area (Å²) in [5.74, 6) is -0.753. The summed E-state index contributed by atoms with van der Waals surface area (Å²) >= 11 is 6.40. The zero-order chi connectivity index (χ0) is 18.4. The Morgan fingerprint density at radius 1 is 1.19 bits per heavy atom. The molecule has 1 aliphatic heterocycles. The number of thiazole rings is 1. The van der Waals surface area contributed by atoms with Crippen LogP contribution in [0.3, 0.4) is 0 Å². The van der Waals surface area contributed by atoms with Gasteiger partial charge in [-0.3, -0.25) is 19.5 Å². The van der Waals surface area contributed by atoms with E-state index in [9.17, 15) is 20.0 Å². The van der Waals surface area contributed by atoms with Gasteiger partial charge in [-0.05, 0) is 30.4 Å². The van der Waals surface area contributed by atoms with Gasteiger partial charge in [0.05, 0.1) is 21.5 Å². The highest BCUT2D eigenvalue weighted by Gasteiger charge is 2.26. The first kappa shape index (κ1) is 16.3. The Hall–Kier alpha value is -3.17. The van der Waals surface area contributed by atoms with Crippen LogP contribution < -0.4 is 10.6 Å². The Kier molecular flexibility index (Phi) is 3.74. The van der Waals surface area contributed by atoms with Crippen LogP contribution in [0.25, 0.3) is 11.3 Å². The molecule has 26 heavy (non-hydrogen) atoms. The molecule has 0 unspecified atom stereocenters. The maximum absolute atomic E-state index is 12.4. The molecule has 0 fully saturated rings. The first-order chi connectivity index (χ1) is 12.5. The van der Waals surface area contributed by atoms with Crippen LogP contribution in [0.1, 0.15) is 4.88 Å². The lowest BCUT2D eigenvalue weighted by Crippen LogP contribution is -2.23. The van der Waals surface area contributed by atoms with Crippen LogP contribution in [0.2, 0.25) is 0 Å². The van der Waals surface area contributed by atoms with E-state index in [1.54, 1.807) is 24.3 Å². The fourth-order valence-corrected chi connectivity index (χ4v) is 4.15. The number of para-hydroxylation sites is 1. The van der Waals surface area contributed by atoms with Gasteiger partial charge in [0.1, 0.15) is 4.88 Å². The molecule has 128 valence electrons. The largest absolute Gasteiger partial charge is 0.493 e. The van der Waals surface area contributed by atoms with Crippen molar-refractivity contribution in [2.24, 2.45) is 4.99 Å². The highest BCUT2D eigenvalue weighted by Crippen LogP contribution is 2.34. The van der Waals surface area contributed by atoms with E-state index in [1.165, 1.54) is 22.8 Å². The van der Waals surface area contributed by atoms with Crippen LogP contribution in [-0.2, 0) is 4.79 Å². The minimum atomic E-state index is -0.563. The van der Waals surface area contributed by atoms with Crippen molar-refractivity contribution in [2.45, 2.75) is 0 Å². The van der Waals surface area contributed by atoms with Gasteiger partial charge in [-0.25, -0.2) is 4.99 Å². The summed E-state index contributed by atoms with van der Waals surface area (Å²) < 4.78 is 1.80. The Bertz CT molecular complexity index is 1260. The fourth-order valence-electron chi connectivity index (χ4n) is 2.77. The number of carbonyl (C=O) groups is 1. The van der Waals surface area contributed by atoms with Gasteiger partial charge in [0.2, 0.25) is 5.88 Å². The molecule has 0 aliphatic carbocycles. The number of hydrogen-bond acceptors (Lipinski definition) is 6. The van der Waals surface area contributed by atoms with Gasteiger partial charge in [-0.1, -0.05) is 18.2 Å². The van der Waals surface area contributed by atoms with Crippen LogP contribution in [-0.4, -0.2) is 20.5 Å².